The van der Waals surface area contributed by atoms with Crippen molar-refractivity contribution < 1.29 is 9.59 Å². The topological polar surface area (TPSA) is 37.4 Å². The van der Waals surface area contributed by atoms with Gasteiger partial charge in [0.1, 0.15) is 0 Å². The quantitative estimate of drug-likeness (QED) is 0.758. The number of rotatable bonds is 2. The molecule has 0 atom stereocenters. The van der Waals surface area contributed by atoms with Gasteiger partial charge in [-0.05, 0) is 55.1 Å². The highest BCUT2D eigenvalue weighted by Gasteiger charge is 2.21. The van der Waals surface area contributed by atoms with Gasteiger partial charge in [-0.2, -0.15) is 0 Å². The predicted molar refractivity (Wildman–Crippen MR) is 66.5 cm³/mol. The van der Waals surface area contributed by atoms with Crippen LogP contribution < -0.4 is 0 Å². The number of benzene rings is 1. The molecule has 1 aromatic carbocycles. The van der Waals surface area contributed by atoms with Gasteiger partial charge in [0, 0.05) is 24.2 Å². The molecule has 3 nitrogen and oxygen atoms in total. The number of nitrogens with zero attached hydrogens (tertiary/aromatic N) is 1. The minimum absolute atomic E-state index is 0.0496. The van der Waals surface area contributed by atoms with Crippen LogP contribution in [-0.2, 0) is 0 Å². The van der Waals surface area contributed by atoms with E-state index in [-0.39, 0.29) is 5.91 Å². The Balaban J connectivity index is 2.26. The largest absolute Gasteiger partial charge is 0.339 e. The average molecular weight is 252 g/mol. The number of carbonyl (C=O) groups is 2. The van der Waals surface area contributed by atoms with Crippen LogP contribution in [0.4, 0.5) is 0 Å². The molecule has 1 aromatic rings. The third kappa shape index (κ3) is 2.50. The van der Waals surface area contributed by atoms with Gasteiger partial charge < -0.3 is 4.90 Å². The predicted octanol–water partition coefficient (Wildman–Crippen LogP) is 2.61. The normalized spacial score (nSPS) is 15.1. The molecule has 1 aliphatic heterocycles. The molecule has 0 aliphatic carbocycles. The summed E-state index contributed by atoms with van der Waals surface area (Å²) in [5.41, 5.74) is 1.89. The minimum Gasteiger partial charge on any atom is -0.339 e. The maximum atomic E-state index is 12.2. The van der Waals surface area contributed by atoms with Gasteiger partial charge in [-0.1, -0.05) is 0 Å². The Hall–Kier alpha value is -1.35. The summed E-state index contributed by atoms with van der Waals surface area (Å²) in [7, 11) is 0. The Labute approximate surface area is 105 Å². The van der Waals surface area contributed by atoms with Crippen molar-refractivity contribution >= 4 is 22.8 Å². The number of hydrogen-bond donors (Lipinski definition) is 0. The lowest BCUT2D eigenvalue weighted by atomic mass is 10.0. The smallest absolute Gasteiger partial charge is 0.254 e. The monoisotopic (exact) mass is 251 g/mol. The fourth-order valence-electron chi connectivity index (χ4n) is 2.12. The molecule has 1 saturated heterocycles. The van der Waals surface area contributed by atoms with Crippen molar-refractivity contribution in [3.05, 3.63) is 34.9 Å². The molecular formula is C13H14ClNO2. The lowest BCUT2D eigenvalue weighted by molar-refractivity contribution is 0.0791. The Morgan fingerprint density at radius 3 is 2.41 bits per heavy atom. The number of likely N-dealkylation sites (tertiary alicyclic amines) is 1. The fourth-order valence-corrected chi connectivity index (χ4v) is 2.23. The molecule has 0 radical (unpaired) electrons. The molecule has 17 heavy (non-hydrogen) atoms. The first-order valence-electron chi connectivity index (χ1n) is 5.69. The van der Waals surface area contributed by atoms with Crippen molar-refractivity contribution in [2.75, 3.05) is 13.1 Å². The fraction of sp³-hybridized carbons (Fsp3) is 0.385. The van der Waals surface area contributed by atoms with Gasteiger partial charge in [0.15, 0.2) is 0 Å². The van der Waals surface area contributed by atoms with Crippen LogP contribution >= 0.6 is 11.6 Å². The second kappa shape index (κ2) is 4.88. The van der Waals surface area contributed by atoms with E-state index in [9.17, 15) is 9.59 Å². The van der Waals surface area contributed by atoms with E-state index < -0.39 is 5.24 Å². The Morgan fingerprint density at radius 2 is 1.88 bits per heavy atom. The van der Waals surface area contributed by atoms with Crippen LogP contribution in [0.2, 0.25) is 0 Å². The van der Waals surface area contributed by atoms with Crippen LogP contribution in [0.15, 0.2) is 18.2 Å². The number of hydrogen-bond acceptors (Lipinski definition) is 2. The van der Waals surface area contributed by atoms with Crippen molar-refractivity contribution in [2.45, 2.75) is 19.8 Å². The lowest BCUT2D eigenvalue weighted by Gasteiger charge is -2.16. The van der Waals surface area contributed by atoms with Crippen LogP contribution in [0.3, 0.4) is 0 Å². The van der Waals surface area contributed by atoms with Crippen LogP contribution in [0.1, 0.15) is 39.1 Å². The van der Waals surface area contributed by atoms with Crippen molar-refractivity contribution in [3.63, 3.8) is 0 Å². The summed E-state index contributed by atoms with van der Waals surface area (Å²) in [4.78, 5) is 25.0. The zero-order chi connectivity index (χ0) is 12.4. The van der Waals surface area contributed by atoms with Crippen LogP contribution in [0.25, 0.3) is 0 Å². The molecule has 1 aliphatic rings. The molecule has 90 valence electrons. The lowest BCUT2D eigenvalue weighted by Crippen LogP contribution is -2.28. The molecule has 0 saturated carbocycles. The summed E-state index contributed by atoms with van der Waals surface area (Å²) in [5, 5.41) is -0.492. The van der Waals surface area contributed by atoms with Gasteiger partial charge in [0.25, 0.3) is 11.1 Å². The van der Waals surface area contributed by atoms with Crippen molar-refractivity contribution in [1.82, 2.24) is 4.90 Å². The molecule has 0 aromatic heterocycles. The summed E-state index contributed by atoms with van der Waals surface area (Å²) >= 11 is 5.40. The van der Waals surface area contributed by atoms with E-state index in [1.165, 1.54) is 0 Å². The Bertz CT molecular complexity index is 464. The van der Waals surface area contributed by atoms with E-state index in [4.69, 9.17) is 11.6 Å². The third-order valence-electron chi connectivity index (χ3n) is 3.08. The van der Waals surface area contributed by atoms with Gasteiger partial charge >= 0.3 is 0 Å². The third-order valence-corrected chi connectivity index (χ3v) is 3.30. The maximum Gasteiger partial charge on any atom is 0.254 e. The molecule has 0 bridgehead atoms. The zero-order valence-electron chi connectivity index (χ0n) is 9.70. The van der Waals surface area contributed by atoms with E-state index >= 15 is 0 Å². The molecular weight excluding hydrogens is 238 g/mol. The number of aryl methyl sites for hydroxylation is 1. The number of halogens is 1. The van der Waals surface area contributed by atoms with Gasteiger partial charge in [0.2, 0.25) is 0 Å². The zero-order valence-corrected chi connectivity index (χ0v) is 10.5. The SMILES string of the molecule is Cc1cc(C(=O)Cl)ccc1C(=O)N1CCCC1. The van der Waals surface area contributed by atoms with Gasteiger partial charge in [-0.25, -0.2) is 0 Å². The van der Waals surface area contributed by atoms with Crippen molar-refractivity contribution in [1.29, 1.82) is 0 Å². The second-order valence-corrected chi connectivity index (χ2v) is 4.65. The molecule has 1 heterocycles. The first-order valence-corrected chi connectivity index (χ1v) is 6.07. The highest BCUT2D eigenvalue weighted by molar-refractivity contribution is 6.67. The number of carbonyl (C=O) groups excluding carboxylic acids is 2. The standard InChI is InChI=1S/C13H14ClNO2/c1-9-8-10(12(14)16)4-5-11(9)13(17)15-6-2-3-7-15/h4-5,8H,2-3,6-7H2,1H3. The summed E-state index contributed by atoms with van der Waals surface area (Å²) in [5.74, 6) is 0.0496. The maximum absolute atomic E-state index is 12.2. The summed E-state index contributed by atoms with van der Waals surface area (Å²) < 4.78 is 0. The van der Waals surface area contributed by atoms with E-state index in [0.29, 0.717) is 11.1 Å². The van der Waals surface area contributed by atoms with E-state index in [1.54, 1.807) is 18.2 Å². The number of amides is 1. The van der Waals surface area contributed by atoms with E-state index in [2.05, 4.69) is 0 Å². The Kier molecular flexibility index (Phi) is 3.48. The van der Waals surface area contributed by atoms with Crippen molar-refractivity contribution in [3.8, 4) is 0 Å². The van der Waals surface area contributed by atoms with Crippen molar-refractivity contribution in [2.24, 2.45) is 0 Å². The average Bonchev–Trinajstić information content (AvgIpc) is 2.81. The molecule has 1 amide bonds. The van der Waals surface area contributed by atoms with Crippen LogP contribution in [-0.4, -0.2) is 29.1 Å². The highest BCUT2D eigenvalue weighted by atomic mass is 35.5. The molecule has 0 unspecified atom stereocenters. The summed E-state index contributed by atoms with van der Waals surface area (Å²) in [6, 6.07) is 4.95. The summed E-state index contributed by atoms with van der Waals surface area (Å²) in [6.07, 6.45) is 2.14. The Morgan fingerprint density at radius 1 is 1.24 bits per heavy atom. The molecule has 1 fully saturated rings. The van der Waals surface area contributed by atoms with E-state index in [1.807, 2.05) is 11.8 Å². The summed E-state index contributed by atoms with van der Waals surface area (Å²) in [6.45, 7) is 3.48. The molecule has 4 heteroatoms. The van der Waals surface area contributed by atoms with Gasteiger partial charge in [-0.3, -0.25) is 9.59 Å². The van der Waals surface area contributed by atoms with E-state index in [0.717, 1.165) is 31.5 Å². The first kappa shape index (κ1) is 12.1. The first-order chi connectivity index (χ1) is 8.09. The minimum atomic E-state index is -0.492. The highest BCUT2D eigenvalue weighted by Crippen LogP contribution is 2.18. The van der Waals surface area contributed by atoms with Crippen LogP contribution in [0, 0.1) is 6.92 Å². The van der Waals surface area contributed by atoms with Gasteiger partial charge in [0.05, 0.1) is 0 Å². The molecule has 0 spiro atoms. The second-order valence-electron chi connectivity index (χ2n) is 4.30. The van der Waals surface area contributed by atoms with Gasteiger partial charge in [-0.15, -0.1) is 0 Å². The van der Waals surface area contributed by atoms with Crippen LogP contribution in [0.5, 0.6) is 0 Å². The molecule has 0 N–H and O–H groups in total. The molecule has 2 rings (SSSR count).